The number of hydrogen-bond acceptors (Lipinski definition) is 7. The van der Waals surface area contributed by atoms with Crippen LogP contribution in [-0.4, -0.2) is 40.6 Å². The third kappa shape index (κ3) is 5.86. The smallest absolute Gasteiger partial charge is 0.234 e. The number of benzene rings is 2. The van der Waals surface area contributed by atoms with Gasteiger partial charge in [0.15, 0.2) is 17.1 Å². The number of nitrogens with zero attached hydrogens (tertiary/aromatic N) is 3. The maximum atomic E-state index is 12.5. The molecular weight excluding hydrogens is 452 g/mol. The molecule has 0 aliphatic heterocycles. The van der Waals surface area contributed by atoms with E-state index in [0.717, 1.165) is 5.75 Å². The highest BCUT2D eigenvalue weighted by atomic mass is 35.5. The number of nitrogens with one attached hydrogen (secondary N) is 1. The molecule has 0 fully saturated rings. The Labute approximate surface area is 196 Å². The number of methoxy groups -OCH3 is 2. The van der Waals surface area contributed by atoms with Crippen LogP contribution in [0.15, 0.2) is 47.6 Å². The Balaban J connectivity index is 1.64. The van der Waals surface area contributed by atoms with Gasteiger partial charge in [-0.15, -0.1) is 10.2 Å². The first-order valence-electron chi connectivity index (χ1n) is 9.95. The number of anilines is 1. The monoisotopic (exact) mass is 476 g/mol. The molecule has 1 amide bonds. The number of carbonyl (C=O) groups excluding carboxylic acids is 1. The Morgan fingerprint density at radius 2 is 1.84 bits per heavy atom. The van der Waals surface area contributed by atoms with Gasteiger partial charge in [-0.3, -0.25) is 4.79 Å². The van der Waals surface area contributed by atoms with Crippen LogP contribution in [0.4, 0.5) is 5.69 Å². The summed E-state index contributed by atoms with van der Waals surface area (Å²) >= 11 is 7.32. The van der Waals surface area contributed by atoms with Crippen molar-refractivity contribution < 1.29 is 19.0 Å². The summed E-state index contributed by atoms with van der Waals surface area (Å²) in [5, 5.41) is 12.5. The molecule has 0 saturated carbocycles. The molecule has 0 aliphatic carbocycles. The second-order valence-corrected chi connectivity index (χ2v) is 8.08. The molecule has 170 valence electrons. The second kappa shape index (κ2) is 11.1. The highest BCUT2D eigenvalue weighted by Crippen LogP contribution is 2.29. The van der Waals surface area contributed by atoms with Crippen molar-refractivity contribution in [2.45, 2.75) is 31.7 Å². The van der Waals surface area contributed by atoms with Crippen molar-refractivity contribution in [1.29, 1.82) is 0 Å². The third-order valence-corrected chi connectivity index (χ3v) is 5.77. The zero-order valence-corrected chi connectivity index (χ0v) is 19.9. The summed E-state index contributed by atoms with van der Waals surface area (Å²) in [6, 6.07) is 12.4. The van der Waals surface area contributed by atoms with E-state index in [9.17, 15) is 4.79 Å². The number of amides is 1. The number of ether oxygens (including phenoxy) is 3. The summed E-state index contributed by atoms with van der Waals surface area (Å²) in [7, 11) is 3.15. The van der Waals surface area contributed by atoms with Gasteiger partial charge in [0.2, 0.25) is 5.91 Å². The van der Waals surface area contributed by atoms with Crippen molar-refractivity contribution >= 4 is 35.0 Å². The van der Waals surface area contributed by atoms with Crippen LogP contribution in [0.5, 0.6) is 17.2 Å². The molecule has 0 bridgehead atoms. The molecule has 3 rings (SSSR count). The molecule has 0 radical (unpaired) electrons. The first kappa shape index (κ1) is 23.7. The lowest BCUT2D eigenvalue weighted by atomic mass is 10.3. The van der Waals surface area contributed by atoms with Crippen LogP contribution in [0, 0.1) is 0 Å². The first-order chi connectivity index (χ1) is 15.4. The van der Waals surface area contributed by atoms with Crippen LogP contribution in [0.25, 0.3) is 0 Å². The van der Waals surface area contributed by atoms with Crippen molar-refractivity contribution in [1.82, 2.24) is 14.8 Å². The van der Waals surface area contributed by atoms with Crippen molar-refractivity contribution in [2.75, 3.05) is 25.3 Å². The fourth-order valence-corrected chi connectivity index (χ4v) is 3.99. The maximum Gasteiger partial charge on any atom is 0.234 e. The summed E-state index contributed by atoms with van der Waals surface area (Å²) in [4.78, 5) is 12.5. The van der Waals surface area contributed by atoms with E-state index in [-0.39, 0.29) is 17.8 Å². The molecule has 0 saturated heterocycles. The minimum Gasteiger partial charge on any atom is -0.497 e. The Kier molecular flexibility index (Phi) is 8.24. The fraction of sp³-hybridized carbons (Fsp3) is 0.318. The molecule has 1 unspecified atom stereocenters. The average molecular weight is 477 g/mol. The van der Waals surface area contributed by atoms with E-state index >= 15 is 0 Å². The van der Waals surface area contributed by atoms with Gasteiger partial charge >= 0.3 is 0 Å². The van der Waals surface area contributed by atoms with E-state index in [2.05, 4.69) is 15.5 Å². The zero-order chi connectivity index (χ0) is 23.1. The SMILES string of the molecule is CCn1c(SCC(=O)Nc2cc(Cl)ccc2OC)nnc1C(C)Oc1ccc(OC)cc1. The topological polar surface area (TPSA) is 87.5 Å². The van der Waals surface area contributed by atoms with Gasteiger partial charge < -0.3 is 24.1 Å². The minimum absolute atomic E-state index is 0.154. The van der Waals surface area contributed by atoms with Crippen LogP contribution >= 0.6 is 23.4 Å². The van der Waals surface area contributed by atoms with E-state index in [4.69, 9.17) is 25.8 Å². The normalized spacial score (nSPS) is 11.7. The van der Waals surface area contributed by atoms with E-state index in [1.165, 1.54) is 18.9 Å². The predicted molar refractivity (Wildman–Crippen MR) is 125 cm³/mol. The maximum absolute atomic E-state index is 12.5. The van der Waals surface area contributed by atoms with Crippen molar-refractivity contribution in [3.05, 3.63) is 53.3 Å². The molecule has 8 nitrogen and oxygen atoms in total. The standard InChI is InChI=1S/C22H25ClN4O4S/c1-5-27-21(14(2)31-17-9-7-16(29-3)8-10-17)25-26-22(27)32-13-20(28)24-18-12-15(23)6-11-19(18)30-4/h6-12,14H,5,13H2,1-4H3,(H,24,28). The Morgan fingerprint density at radius 3 is 2.50 bits per heavy atom. The van der Waals surface area contributed by atoms with Crippen LogP contribution in [-0.2, 0) is 11.3 Å². The molecule has 1 aromatic heterocycles. The molecule has 1 heterocycles. The molecule has 2 aromatic carbocycles. The first-order valence-corrected chi connectivity index (χ1v) is 11.3. The number of thioether (sulfide) groups is 1. The highest BCUT2D eigenvalue weighted by molar-refractivity contribution is 7.99. The molecule has 1 atom stereocenters. The lowest BCUT2D eigenvalue weighted by Crippen LogP contribution is -2.16. The Bertz CT molecular complexity index is 1060. The summed E-state index contributed by atoms with van der Waals surface area (Å²) in [5.74, 6) is 2.63. The number of carbonyl (C=O) groups is 1. The minimum atomic E-state index is -0.324. The van der Waals surface area contributed by atoms with E-state index in [1.807, 2.05) is 42.7 Å². The van der Waals surface area contributed by atoms with E-state index in [0.29, 0.717) is 39.7 Å². The summed E-state index contributed by atoms with van der Waals surface area (Å²) in [5.41, 5.74) is 0.518. The van der Waals surface area contributed by atoms with Gasteiger partial charge in [0.25, 0.3) is 0 Å². The van der Waals surface area contributed by atoms with Crippen molar-refractivity contribution in [2.24, 2.45) is 0 Å². The molecule has 0 aliphatic rings. The average Bonchev–Trinajstić information content (AvgIpc) is 3.21. The second-order valence-electron chi connectivity index (χ2n) is 6.70. The number of aromatic nitrogens is 3. The van der Waals surface area contributed by atoms with Gasteiger partial charge in [0.1, 0.15) is 17.2 Å². The third-order valence-electron chi connectivity index (χ3n) is 4.57. The van der Waals surface area contributed by atoms with Crippen LogP contribution < -0.4 is 19.5 Å². The summed E-state index contributed by atoms with van der Waals surface area (Å²) in [6.07, 6.45) is -0.324. The number of rotatable bonds is 10. The predicted octanol–water partition coefficient (Wildman–Crippen LogP) is 4.84. The van der Waals surface area contributed by atoms with Gasteiger partial charge in [-0.25, -0.2) is 0 Å². The van der Waals surface area contributed by atoms with Gasteiger partial charge in [0, 0.05) is 11.6 Å². The van der Waals surface area contributed by atoms with Gasteiger partial charge in [-0.05, 0) is 56.3 Å². The van der Waals surface area contributed by atoms with E-state index < -0.39 is 0 Å². The summed E-state index contributed by atoms with van der Waals surface area (Å²) in [6.45, 7) is 4.55. The zero-order valence-electron chi connectivity index (χ0n) is 18.3. The number of halogens is 1. The van der Waals surface area contributed by atoms with Gasteiger partial charge in [-0.1, -0.05) is 23.4 Å². The lowest BCUT2D eigenvalue weighted by molar-refractivity contribution is -0.113. The Hall–Kier alpha value is -2.91. The molecule has 1 N–H and O–H groups in total. The van der Waals surface area contributed by atoms with Gasteiger partial charge in [-0.2, -0.15) is 0 Å². The number of hydrogen-bond donors (Lipinski definition) is 1. The van der Waals surface area contributed by atoms with Gasteiger partial charge in [0.05, 0.1) is 25.7 Å². The van der Waals surface area contributed by atoms with Crippen molar-refractivity contribution in [3.8, 4) is 17.2 Å². The fourth-order valence-electron chi connectivity index (χ4n) is 3.01. The summed E-state index contributed by atoms with van der Waals surface area (Å²) < 4.78 is 18.4. The quantitative estimate of drug-likeness (QED) is 0.419. The van der Waals surface area contributed by atoms with E-state index in [1.54, 1.807) is 25.3 Å². The molecular formula is C22H25ClN4O4S. The van der Waals surface area contributed by atoms with Crippen LogP contribution in [0.2, 0.25) is 5.02 Å². The molecule has 3 aromatic rings. The lowest BCUT2D eigenvalue weighted by Gasteiger charge is -2.16. The van der Waals surface area contributed by atoms with Crippen LogP contribution in [0.3, 0.4) is 0 Å². The largest absolute Gasteiger partial charge is 0.497 e. The molecule has 0 spiro atoms. The Morgan fingerprint density at radius 1 is 1.12 bits per heavy atom. The van der Waals surface area contributed by atoms with Crippen LogP contribution in [0.1, 0.15) is 25.8 Å². The van der Waals surface area contributed by atoms with Crippen molar-refractivity contribution in [3.63, 3.8) is 0 Å². The molecule has 32 heavy (non-hydrogen) atoms. The highest BCUT2D eigenvalue weighted by Gasteiger charge is 2.20. The molecule has 10 heteroatoms.